The number of alkyl halides is 9. The molecule has 0 aliphatic heterocycles. The summed E-state index contributed by atoms with van der Waals surface area (Å²) in [5.74, 6) is -1.96. The van der Waals surface area contributed by atoms with Crippen molar-refractivity contribution in [2.75, 3.05) is 20.8 Å². The molecule has 4 rings (SSSR count). The second-order valence-electron chi connectivity index (χ2n) is 12.7. The normalized spacial score (nSPS) is 17.7. The highest BCUT2D eigenvalue weighted by molar-refractivity contribution is 5.76. The number of carbonyl (C=O) groups is 2. The SMILES string of the molecule is CCOC(=O)C1CCC(Oc2cc(-c3ccc(C(F)(F)F)cc3CN(C=O)[C@@H](C)[C@H](OC)c3cc(C(F)(F)F)cc(C(F)(F)F)c3)c(OC)cc2F)CC1. The Morgan fingerprint density at radius 3 is 1.91 bits per heavy atom. The molecule has 1 fully saturated rings. The Hall–Kier alpha value is -4.54. The first kappa shape index (κ1) is 42.2. The van der Waals surface area contributed by atoms with Gasteiger partial charge < -0.3 is 23.8 Å². The maximum atomic E-state index is 15.3. The minimum Gasteiger partial charge on any atom is -0.496 e. The maximum absolute atomic E-state index is 15.3. The fraction of sp³-hybridized carbons (Fsp3) is 0.459. The highest BCUT2D eigenvalue weighted by Gasteiger charge is 2.39. The third-order valence-electron chi connectivity index (χ3n) is 9.21. The molecule has 7 nitrogen and oxygen atoms in total. The molecule has 3 aromatic carbocycles. The van der Waals surface area contributed by atoms with Crippen LogP contribution in [0.2, 0.25) is 0 Å². The molecule has 1 aliphatic rings. The molecule has 0 saturated heterocycles. The van der Waals surface area contributed by atoms with Crippen LogP contribution in [0.4, 0.5) is 43.9 Å². The Balaban J connectivity index is 1.74. The van der Waals surface area contributed by atoms with E-state index in [-0.39, 0.29) is 59.2 Å². The van der Waals surface area contributed by atoms with Gasteiger partial charge in [0, 0.05) is 25.3 Å². The molecular formula is C37H37F10NO6. The van der Waals surface area contributed by atoms with Gasteiger partial charge in [-0.2, -0.15) is 39.5 Å². The van der Waals surface area contributed by atoms with Crippen molar-refractivity contribution in [3.8, 4) is 22.6 Å². The van der Waals surface area contributed by atoms with E-state index in [1.54, 1.807) is 6.92 Å². The molecule has 0 bridgehead atoms. The van der Waals surface area contributed by atoms with Gasteiger partial charge in [-0.3, -0.25) is 9.59 Å². The largest absolute Gasteiger partial charge is 0.496 e. The first-order valence-corrected chi connectivity index (χ1v) is 16.7. The summed E-state index contributed by atoms with van der Waals surface area (Å²) in [6.07, 6.45) is -15.7. The number of nitrogens with zero attached hydrogens (tertiary/aromatic N) is 1. The van der Waals surface area contributed by atoms with Crippen LogP contribution in [0, 0.1) is 11.7 Å². The summed E-state index contributed by atoms with van der Waals surface area (Å²) in [6.45, 7) is 2.48. The summed E-state index contributed by atoms with van der Waals surface area (Å²) in [4.78, 5) is 25.5. The van der Waals surface area contributed by atoms with Gasteiger partial charge in [-0.15, -0.1) is 0 Å². The molecule has 1 amide bonds. The zero-order valence-corrected chi connectivity index (χ0v) is 29.4. The first-order chi connectivity index (χ1) is 25.2. The van der Waals surface area contributed by atoms with Crippen LogP contribution in [0.3, 0.4) is 0 Å². The Morgan fingerprint density at radius 2 is 1.41 bits per heavy atom. The van der Waals surface area contributed by atoms with Gasteiger partial charge >= 0.3 is 24.5 Å². The van der Waals surface area contributed by atoms with Gasteiger partial charge in [-0.1, -0.05) is 6.07 Å². The van der Waals surface area contributed by atoms with Gasteiger partial charge in [0.25, 0.3) is 0 Å². The molecule has 0 radical (unpaired) electrons. The molecule has 1 saturated carbocycles. The standard InChI is InChI=1S/C37H37F10NO6/c1-5-53-34(50)21-6-9-27(10-7-21)54-32-16-29(31(51-3)17-30(32)38)28-11-8-24(35(39,40)41)14-23(28)18-48(19-49)20(2)33(52-4)22-12-25(36(42,43)44)15-26(13-22)37(45,46)47/h8,11-17,19-21,27,33H,5-7,9-10,18H2,1-4H3/t20-,21?,27?,33-/m0/s1. The van der Waals surface area contributed by atoms with Crippen LogP contribution in [0.1, 0.15) is 73.5 Å². The van der Waals surface area contributed by atoms with Crippen molar-refractivity contribution in [2.24, 2.45) is 5.92 Å². The second-order valence-corrected chi connectivity index (χ2v) is 12.7. The molecule has 296 valence electrons. The lowest BCUT2D eigenvalue weighted by Gasteiger charge is -2.33. The van der Waals surface area contributed by atoms with Crippen LogP contribution in [0.15, 0.2) is 48.5 Å². The summed E-state index contributed by atoms with van der Waals surface area (Å²) >= 11 is 0. The van der Waals surface area contributed by atoms with Gasteiger partial charge in [0.2, 0.25) is 6.41 Å². The fourth-order valence-electron chi connectivity index (χ4n) is 6.43. The number of esters is 1. The minimum atomic E-state index is -5.19. The van der Waals surface area contributed by atoms with Crippen LogP contribution in [-0.2, 0) is 44.1 Å². The quantitative estimate of drug-likeness (QED) is 0.0978. The van der Waals surface area contributed by atoms with Crippen molar-refractivity contribution in [2.45, 2.75) is 82.9 Å². The average molecular weight is 782 g/mol. The van der Waals surface area contributed by atoms with Crippen LogP contribution in [-0.4, -0.2) is 50.3 Å². The van der Waals surface area contributed by atoms with Crippen molar-refractivity contribution < 1.29 is 72.4 Å². The lowest BCUT2D eigenvalue weighted by atomic mass is 9.87. The monoisotopic (exact) mass is 781 g/mol. The zero-order chi connectivity index (χ0) is 40.2. The lowest BCUT2D eigenvalue weighted by Crippen LogP contribution is -2.37. The number of hydrogen-bond acceptors (Lipinski definition) is 6. The van der Waals surface area contributed by atoms with Crippen molar-refractivity contribution in [3.63, 3.8) is 0 Å². The second kappa shape index (κ2) is 16.9. The highest BCUT2D eigenvalue weighted by Crippen LogP contribution is 2.43. The molecule has 0 N–H and O–H groups in total. The number of methoxy groups -OCH3 is 2. The maximum Gasteiger partial charge on any atom is 0.416 e. The first-order valence-electron chi connectivity index (χ1n) is 16.7. The number of hydrogen-bond donors (Lipinski definition) is 0. The van der Waals surface area contributed by atoms with Gasteiger partial charge in [-0.25, -0.2) is 4.39 Å². The van der Waals surface area contributed by atoms with Gasteiger partial charge in [0.05, 0.1) is 48.5 Å². The number of rotatable bonds is 13. The predicted octanol–water partition coefficient (Wildman–Crippen LogP) is 9.79. The van der Waals surface area contributed by atoms with Gasteiger partial charge in [0.15, 0.2) is 11.6 Å². The molecule has 54 heavy (non-hydrogen) atoms. The molecule has 3 aromatic rings. The molecule has 2 atom stereocenters. The summed E-state index contributed by atoms with van der Waals surface area (Å²) in [5, 5.41) is 0. The van der Waals surface area contributed by atoms with Crippen LogP contribution < -0.4 is 9.47 Å². The predicted molar refractivity (Wildman–Crippen MR) is 174 cm³/mol. The molecule has 17 heteroatoms. The molecule has 0 spiro atoms. The van der Waals surface area contributed by atoms with Crippen LogP contribution in [0.25, 0.3) is 11.1 Å². The van der Waals surface area contributed by atoms with Crippen molar-refractivity contribution in [1.29, 1.82) is 0 Å². The fourth-order valence-corrected chi connectivity index (χ4v) is 6.43. The van der Waals surface area contributed by atoms with E-state index in [1.165, 1.54) is 20.1 Å². The summed E-state index contributed by atoms with van der Waals surface area (Å²) in [7, 11) is 2.17. The summed E-state index contributed by atoms with van der Waals surface area (Å²) in [6, 6.07) is 4.15. The van der Waals surface area contributed by atoms with E-state index >= 15 is 4.39 Å². The Kier molecular flexibility index (Phi) is 13.2. The zero-order valence-electron chi connectivity index (χ0n) is 29.4. The van der Waals surface area contributed by atoms with Crippen molar-refractivity contribution >= 4 is 12.4 Å². The summed E-state index contributed by atoms with van der Waals surface area (Å²) < 4.78 is 161. The average Bonchev–Trinajstić information content (AvgIpc) is 3.10. The van der Waals surface area contributed by atoms with Gasteiger partial charge in [0.1, 0.15) is 11.9 Å². The highest BCUT2D eigenvalue weighted by atomic mass is 19.4. The molecule has 0 aromatic heterocycles. The van der Waals surface area contributed by atoms with Crippen LogP contribution >= 0.6 is 0 Å². The summed E-state index contributed by atoms with van der Waals surface area (Å²) in [5.41, 5.74) is -5.13. The van der Waals surface area contributed by atoms with E-state index in [9.17, 15) is 49.1 Å². The van der Waals surface area contributed by atoms with Crippen molar-refractivity contribution in [3.05, 3.63) is 82.2 Å². The van der Waals surface area contributed by atoms with Crippen molar-refractivity contribution in [1.82, 2.24) is 4.90 Å². The molecular weight excluding hydrogens is 744 g/mol. The van der Waals surface area contributed by atoms with Crippen LogP contribution in [0.5, 0.6) is 11.5 Å². The topological polar surface area (TPSA) is 74.3 Å². The van der Waals surface area contributed by atoms with E-state index in [2.05, 4.69) is 0 Å². The Morgan fingerprint density at radius 1 is 0.815 bits per heavy atom. The van der Waals surface area contributed by atoms with E-state index in [1.807, 2.05) is 0 Å². The number of amides is 1. The van der Waals surface area contributed by atoms with E-state index in [4.69, 9.17) is 18.9 Å². The number of ether oxygens (including phenoxy) is 4. The molecule has 1 aliphatic carbocycles. The minimum absolute atomic E-state index is 0.0159. The number of benzene rings is 3. The lowest BCUT2D eigenvalue weighted by molar-refractivity contribution is -0.149. The number of carbonyl (C=O) groups excluding carboxylic acids is 2. The van der Waals surface area contributed by atoms with Gasteiger partial charge in [-0.05, 0) is 92.6 Å². The Labute approximate surface area is 304 Å². The smallest absolute Gasteiger partial charge is 0.416 e. The molecule has 0 heterocycles. The third kappa shape index (κ3) is 9.95. The third-order valence-corrected chi connectivity index (χ3v) is 9.21. The number of halogens is 10. The van der Waals surface area contributed by atoms with E-state index < -0.39 is 71.4 Å². The van der Waals surface area contributed by atoms with E-state index in [0.717, 1.165) is 30.2 Å². The Bertz CT molecular complexity index is 1750. The van der Waals surface area contributed by atoms with E-state index in [0.29, 0.717) is 43.9 Å². The molecule has 0 unspecified atom stereocenters.